The van der Waals surface area contributed by atoms with Crippen molar-refractivity contribution in [2.75, 3.05) is 25.0 Å². The number of hydrogen-bond acceptors (Lipinski definition) is 7. The molecule has 8 nitrogen and oxygen atoms in total. The summed E-state index contributed by atoms with van der Waals surface area (Å²) in [7, 11) is 0. The van der Waals surface area contributed by atoms with Crippen LogP contribution in [0.3, 0.4) is 0 Å². The van der Waals surface area contributed by atoms with Crippen molar-refractivity contribution in [2.24, 2.45) is 5.18 Å². The summed E-state index contributed by atoms with van der Waals surface area (Å²) in [4.78, 5) is 33.1. The van der Waals surface area contributed by atoms with Crippen molar-refractivity contribution >= 4 is 38.3 Å². The molecule has 0 unspecified atom stereocenters. The summed E-state index contributed by atoms with van der Waals surface area (Å²) < 4.78 is 28.4. The van der Waals surface area contributed by atoms with Gasteiger partial charge in [-0.2, -0.15) is 4.91 Å². The van der Waals surface area contributed by atoms with Crippen molar-refractivity contribution in [3.63, 3.8) is 0 Å². The minimum atomic E-state index is -1.06. The number of nitrogens with zero attached hydrogens (tertiary/aromatic N) is 4. The third kappa shape index (κ3) is 4.42. The predicted octanol–water partition coefficient (Wildman–Crippen LogP) is 4.09. The molecule has 4 rings (SSSR count). The van der Waals surface area contributed by atoms with E-state index in [2.05, 4.69) is 20.5 Å². The van der Waals surface area contributed by atoms with Gasteiger partial charge in [-0.3, -0.25) is 10.3 Å². The molecule has 3 aromatic rings. The highest BCUT2D eigenvalue weighted by Gasteiger charge is 2.22. The summed E-state index contributed by atoms with van der Waals surface area (Å²) >= 11 is 1.18. The van der Waals surface area contributed by atoms with Gasteiger partial charge in [-0.15, -0.1) is 0 Å². The van der Waals surface area contributed by atoms with Gasteiger partial charge in [-0.05, 0) is 36.3 Å². The number of benzene rings is 1. The molecule has 3 heterocycles. The quantitative estimate of drug-likeness (QED) is 0.575. The van der Waals surface area contributed by atoms with Crippen LogP contribution in [0.4, 0.5) is 18.7 Å². The van der Waals surface area contributed by atoms with Gasteiger partial charge in [0.1, 0.15) is 23.4 Å². The van der Waals surface area contributed by atoms with E-state index in [1.165, 1.54) is 29.7 Å². The number of rotatable bonds is 5. The molecule has 1 aliphatic rings. The minimum absolute atomic E-state index is 0.139. The van der Waals surface area contributed by atoms with E-state index in [0.717, 1.165) is 6.07 Å². The molecule has 0 spiro atoms. The van der Waals surface area contributed by atoms with E-state index in [1.54, 1.807) is 17.0 Å². The Bertz CT molecular complexity index is 1180. The molecule has 1 aliphatic heterocycles. The average Bonchev–Trinajstić information content (AvgIpc) is 3.16. The Morgan fingerprint density at radius 3 is 2.87 bits per heavy atom. The molecule has 2 N–H and O–H groups in total. The SMILES string of the molecule is O=N[C@H](CO)c1cnc(C2=CCN(C(=O)Nc3nc4ccc(F)cc4s3)CC2)c(F)c1. The molecule has 2 amide bonds. The molecule has 0 bridgehead atoms. The molecule has 31 heavy (non-hydrogen) atoms. The lowest BCUT2D eigenvalue weighted by Gasteiger charge is -2.26. The van der Waals surface area contributed by atoms with Gasteiger partial charge < -0.3 is 10.0 Å². The second kappa shape index (κ2) is 8.82. The topological polar surface area (TPSA) is 108 Å². The summed E-state index contributed by atoms with van der Waals surface area (Å²) in [5.41, 5.74) is 1.58. The fourth-order valence-corrected chi connectivity index (χ4v) is 4.14. The van der Waals surface area contributed by atoms with Gasteiger partial charge in [0.25, 0.3) is 0 Å². The van der Waals surface area contributed by atoms with Crippen LogP contribution in [0.2, 0.25) is 0 Å². The number of carbonyl (C=O) groups is 1. The first-order valence-corrected chi connectivity index (χ1v) is 10.2. The zero-order valence-electron chi connectivity index (χ0n) is 16.1. The smallest absolute Gasteiger partial charge is 0.323 e. The molecule has 2 aromatic heterocycles. The van der Waals surface area contributed by atoms with Crippen molar-refractivity contribution in [2.45, 2.75) is 12.5 Å². The number of urea groups is 1. The lowest BCUT2D eigenvalue weighted by atomic mass is 10.0. The zero-order valence-corrected chi connectivity index (χ0v) is 16.9. The fourth-order valence-electron chi connectivity index (χ4n) is 3.26. The van der Waals surface area contributed by atoms with E-state index in [-0.39, 0.29) is 29.7 Å². The number of nitroso groups, excluding NO2 is 1. The number of hydrogen-bond donors (Lipinski definition) is 2. The van der Waals surface area contributed by atoms with Crippen LogP contribution < -0.4 is 5.32 Å². The molecular formula is C20H17F2N5O3S. The highest BCUT2D eigenvalue weighted by Crippen LogP contribution is 2.28. The largest absolute Gasteiger partial charge is 0.394 e. The Hall–Kier alpha value is -3.31. The van der Waals surface area contributed by atoms with Gasteiger partial charge in [-0.1, -0.05) is 22.6 Å². The number of aliphatic hydroxyl groups is 1. The van der Waals surface area contributed by atoms with E-state index in [0.29, 0.717) is 33.9 Å². The number of halogens is 2. The van der Waals surface area contributed by atoms with Gasteiger partial charge >= 0.3 is 6.03 Å². The number of carbonyl (C=O) groups excluding carboxylic acids is 1. The first-order chi connectivity index (χ1) is 15.0. The Morgan fingerprint density at radius 1 is 1.35 bits per heavy atom. The summed E-state index contributed by atoms with van der Waals surface area (Å²) in [5.74, 6) is -0.989. The van der Waals surface area contributed by atoms with Crippen LogP contribution in [-0.4, -0.2) is 45.7 Å². The van der Waals surface area contributed by atoms with Crippen LogP contribution in [0.25, 0.3) is 15.8 Å². The number of amides is 2. The Kier molecular flexibility index (Phi) is 5.96. The van der Waals surface area contributed by atoms with E-state index in [1.807, 2.05) is 0 Å². The standard InChI is InChI=1S/C20H17F2N5O3S/c21-13-1-2-15-17(8-13)31-19(24-15)25-20(29)27-5-3-11(4-6-27)18-14(22)7-12(9-23-18)16(10-28)26-30/h1-3,7-9,16,28H,4-6,10H2,(H,24,25,29)/t16-/m1/s1. The highest BCUT2D eigenvalue weighted by atomic mass is 32.1. The second-order valence-electron chi connectivity index (χ2n) is 6.89. The minimum Gasteiger partial charge on any atom is -0.394 e. The lowest BCUT2D eigenvalue weighted by molar-refractivity contribution is 0.217. The van der Waals surface area contributed by atoms with Crippen LogP contribution in [-0.2, 0) is 0 Å². The maximum atomic E-state index is 14.5. The van der Waals surface area contributed by atoms with E-state index >= 15 is 0 Å². The molecule has 0 saturated carbocycles. The number of aliphatic hydroxyl groups excluding tert-OH is 1. The number of pyridine rings is 1. The summed E-state index contributed by atoms with van der Waals surface area (Å²) in [5, 5.41) is 14.9. The van der Waals surface area contributed by atoms with Crippen LogP contribution in [0, 0.1) is 16.5 Å². The molecule has 160 valence electrons. The number of thiazole rings is 1. The van der Waals surface area contributed by atoms with Crippen molar-refractivity contribution < 1.29 is 18.7 Å². The normalized spacial score (nSPS) is 14.9. The van der Waals surface area contributed by atoms with Gasteiger partial charge in [0.2, 0.25) is 0 Å². The lowest BCUT2D eigenvalue weighted by Crippen LogP contribution is -2.38. The molecule has 1 atom stereocenters. The molecular weight excluding hydrogens is 428 g/mol. The Labute approximate surface area is 179 Å². The van der Waals surface area contributed by atoms with Gasteiger partial charge in [0, 0.05) is 24.8 Å². The third-order valence-electron chi connectivity index (χ3n) is 4.91. The van der Waals surface area contributed by atoms with E-state index in [4.69, 9.17) is 5.11 Å². The average molecular weight is 445 g/mol. The molecule has 0 aliphatic carbocycles. The second-order valence-corrected chi connectivity index (χ2v) is 7.92. The monoisotopic (exact) mass is 445 g/mol. The zero-order chi connectivity index (χ0) is 22.0. The van der Waals surface area contributed by atoms with Crippen molar-refractivity contribution in [1.82, 2.24) is 14.9 Å². The first kappa shape index (κ1) is 20.9. The van der Waals surface area contributed by atoms with E-state index < -0.39 is 18.5 Å². The Balaban J connectivity index is 1.43. The number of fused-ring (bicyclic) bond motifs is 1. The molecule has 1 aromatic carbocycles. The van der Waals surface area contributed by atoms with Crippen LogP contribution in [0.5, 0.6) is 0 Å². The maximum absolute atomic E-state index is 14.5. The van der Waals surface area contributed by atoms with Gasteiger partial charge in [0.15, 0.2) is 5.13 Å². The third-order valence-corrected chi connectivity index (χ3v) is 5.85. The van der Waals surface area contributed by atoms with Crippen LogP contribution in [0.15, 0.2) is 41.7 Å². The number of anilines is 1. The van der Waals surface area contributed by atoms with E-state index in [9.17, 15) is 18.5 Å². The van der Waals surface area contributed by atoms with Gasteiger partial charge in [0.05, 0.1) is 16.8 Å². The first-order valence-electron chi connectivity index (χ1n) is 9.38. The molecule has 0 saturated heterocycles. The number of aromatic nitrogens is 2. The summed E-state index contributed by atoms with van der Waals surface area (Å²) in [6.45, 7) is 0.0638. The molecule has 11 heteroatoms. The predicted molar refractivity (Wildman–Crippen MR) is 113 cm³/mol. The Morgan fingerprint density at radius 2 is 2.19 bits per heavy atom. The van der Waals surface area contributed by atoms with Crippen LogP contribution >= 0.6 is 11.3 Å². The summed E-state index contributed by atoms with van der Waals surface area (Å²) in [6.07, 6.45) is 3.41. The number of nitrogens with one attached hydrogen (secondary N) is 1. The molecule has 0 fully saturated rings. The van der Waals surface area contributed by atoms with Crippen LogP contribution in [0.1, 0.15) is 23.7 Å². The van der Waals surface area contributed by atoms with Gasteiger partial charge in [-0.25, -0.2) is 18.6 Å². The van der Waals surface area contributed by atoms with Crippen molar-refractivity contribution in [1.29, 1.82) is 0 Å². The maximum Gasteiger partial charge on any atom is 0.323 e. The fraction of sp³-hybridized carbons (Fsp3) is 0.250. The molecule has 0 radical (unpaired) electrons. The van der Waals surface area contributed by atoms with Crippen molar-refractivity contribution in [3.8, 4) is 0 Å². The summed E-state index contributed by atoms with van der Waals surface area (Å²) in [6, 6.07) is 3.94. The van der Waals surface area contributed by atoms with Crippen molar-refractivity contribution in [3.05, 3.63) is 64.3 Å². The highest BCUT2D eigenvalue weighted by molar-refractivity contribution is 7.22.